The summed E-state index contributed by atoms with van der Waals surface area (Å²) >= 11 is 5.95. The van der Waals surface area contributed by atoms with Gasteiger partial charge in [-0.1, -0.05) is 16.8 Å². The largest absolute Gasteiger partial charge is 0.444 e. The molecule has 0 saturated carbocycles. The number of rotatable bonds is 6. The first kappa shape index (κ1) is 24.5. The summed E-state index contributed by atoms with van der Waals surface area (Å²) in [5.41, 5.74) is 0.916. The van der Waals surface area contributed by atoms with Gasteiger partial charge in [-0.3, -0.25) is 9.69 Å². The molecule has 0 aliphatic carbocycles. The van der Waals surface area contributed by atoms with Gasteiger partial charge in [-0.05, 0) is 58.0 Å². The number of alkyl carbamates (subject to hydrolysis) is 1. The molecule has 2 amide bonds. The maximum atomic E-state index is 12.6. The number of halogens is 1. The van der Waals surface area contributed by atoms with E-state index in [1.54, 1.807) is 45.2 Å². The molecule has 0 spiro atoms. The van der Waals surface area contributed by atoms with Crippen LogP contribution in [-0.4, -0.2) is 45.3 Å². The molecule has 1 aliphatic heterocycles. The zero-order valence-corrected chi connectivity index (χ0v) is 20.7. The molecule has 2 aromatic heterocycles. The number of carbonyl (C=O) groups excluding carboxylic acids is 2. The summed E-state index contributed by atoms with van der Waals surface area (Å²) in [6.45, 7) is 7.55. The lowest BCUT2D eigenvalue weighted by Gasteiger charge is -2.21. The Hall–Kier alpha value is -3.66. The van der Waals surface area contributed by atoms with Crippen molar-refractivity contribution in [2.24, 2.45) is 0 Å². The standard InChI is InChI=1S/C24H27ClN6O4/c1-14(18-12-19(35-30-18)15-5-7-16(25)8-6-15)27-22-26-10-9-20(29-22)31-13-17(11-21(31)32)28-23(33)34-24(2,3)4/h5-10,12,14,17H,11,13H2,1-4H3,(H,28,33)(H,26,27,29)/t14-,17-/m0/s1. The summed E-state index contributed by atoms with van der Waals surface area (Å²) < 4.78 is 10.8. The van der Waals surface area contributed by atoms with E-state index in [0.29, 0.717) is 28.2 Å². The van der Waals surface area contributed by atoms with E-state index in [1.165, 1.54) is 4.90 Å². The predicted molar refractivity (Wildman–Crippen MR) is 131 cm³/mol. The molecule has 184 valence electrons. The molecular formula is C24H27ClN6O4. The normalized spacial score (nSPS) is 16.8. The minimum absolute atomic E-state index is 0.145. The fourth-order valence-corrected chi connectivity index (χ4v) is 3.71. The van der Waals surface area contributed by atoms with E-state index >= 15 is 0 Å². The SMILES string of the molecule is C[C@H](Nc1nccc(N2C[C@@H](NC(=O)OC(C)(C)C)CC2=O)n1)c1cc(-c2ccc(Cl)cc2)on1. The number of benzene rings is 1. The van der Waals surface area contributed by atoms with Crippen molar-refractivity contribution in [3.8, 4) is 11.3 Å². The number of carbonyl (C=O) groups is 2. The number of nitrogens with zero attached hydrogens (tertiary/aromatic N) is 4. The second-order valence-corrected chi connectivity index (χ2v) is 9.72. The van der Waals surface area contributed by atoms with Gasteiger partial charge in [0.1, 0.15) is 17.1 Å². The van der Waals surface area contributed by atoms with Gasteiger partial charge in [0.2, 0.25) is 11.9 Å². The van der Waals surface area contributed by atoms with Crippen LogP contribution >= 0.6 is 11.6 Å². The molecule has 35 heavy (non-hydrogen) atoms. The summed E-state index contributed by atoms with van der Waals surface area (Å²) in [7, 11) is 0. The van der Waals surface area contributed by atoms with Crippen molar-refractivity contribution in [1.82, 2.24) is 20.4 Å². The first-order valence-electron chi connectivity index (χ1n) is 11.2. The average Bonchev–Trinajstić information content (AvgIpc) is 3.40. The van der Waals surface area contributed by atoms with Crippen LogP contribution in [0.2, 0.25) is 5.02 Å². The second-order valence-electron chi connectivity index (χ2n) is 9.28. The Morgan fingerprint density at radius 3 is 2.71 bits per heavy atom. The maximum absolute atomic E-state index is 12.6. The fourth-order valence-electron chi connectivity index (χ4n) is 3.58. The highest BCUT2D eigenvalue weighted by Crippen LogP contribution is 2.26. The second kappa shape index (κ2) is 9.91. The third-order valence-corrected chi connectivity index (χ3v) is 5.46. The molecule has 0 bridgehead atoms. The lowest BCUT2D eigenvalue weighted by atomic mass is 10.1. The number of amides is 2. The van der Waals surface area contributed by atoms with E-state index in [0.717, 1.165) is 5.56 Å². The van der Waals surface area contributed by atoms with E-state index in [2.05, 4.69) is 25.8 Å². The van der Waals surface area contributed by atoms with Gasteiger partial charge in [0.25, 0.3) is 0 Å². The third-order valence-electron chi connectivity index (χ3n) is 5.21. The van der Waals surface area contributed by atoms with Crippen LogP contribution in [0.15, 0.2) is 47.1 Å². The highest BCUT2D eigenvalue weighted by atomic mass is 35.5. The van der Waals surface area contributed by atoms with E-state index in [1.807, 2.05) is 25.1 Å². The van der Waals surface area contributed by atoms with Crippen molar-refractivity contribution in [3.05, 3.63) is 53.3 Å². The van der Waals surface area contributed by atoms with Crippen LogP contribution in [0.4, 0.5) is 16.6 Å². The van der Waals surface area contributed by atoms with Crippen LogP contribution in [-0.2, 0) is 9.53 Å². The van der Waals surface area contributed by atoms with E-state index in [9.17, 15) is 9.59 Å². The zero-order chi connectivity index (χ0) is 25.2. The van der Waals surface area contributed by atoms with Gasteiger partial charge in [0.15, 0.2) is 5.76 Å². The first-order valence-corrected chi connectivity index (χ1v) is 11.6. The van der Waals surface area contributed by atoms with E-state index in [-0.39, 0.29) is 31.0 Å². The number of aromatic nitrogens is 3. The molecule has 1 fully saturated rings. The van der Waals surface area contributed by atoms with Crippen LogP contribution in [0.5, 0.6) is 0 Å². The summed E-state index contributed by atoms with van der Waals surface area (Å²) in [5.74, 6) is 1.25. The van der Waals surface area contributed by atoms with Crippen molar-refractivity contribution < 1.29 is 18.8 Å². The molecule has 0 unspecified atom stereocenters. The van der Waals surface area contributed by atoms with Gasteiger partial charge in [-0.15, -0.1) is 0 Å². The Balaban J connectivity index is 1.40. The van der Waals surface area contributed by atoms with Crippen LogP contribution in [0, 0.1) is 0 Å². The minimum atomic E-state index is -0.615. The molecule has 1 aliphatic rings. The van der Waals surface area contributed by atoms with Crippen molar-refractivity contribution in [3.63, 3.8) is 0 Å². The van der Waals surface area contributed by atoms with Crippen molar-refractivity contribution >= 4 is 35.4 Å². The molecule has 2 N–H and O–H groups in total. The summed E-state index contributed by atoms with van der Waals surface area (Å²) in [6.07, 6.45) is 1.18. The summed E-state index contributed by atoms with van der Waals surface area (Å²) in [5, 5.41) is 10.7. The smallest absolute Gasteiger partial charge is 0.407 e. The van der Waals surface area contributed by atoms with Crippen LogP contribution in [0.25, 0.3) is 11.3 Å². The average molecular weight is 499 g/mol. The van der Waals surface area contributed by atoms with E-state index < -0.39 is 11.7 Å². The topological polar surface area (TPSA) is 122 Å². The molecule has 1 aromatic carbocycles. The van der Waals surface area contributed by atoms with Gasteiger partial charge in [0.05, 0.1) is 12.1 Å². The molecule has 3 aromatic rings. The Morgan fingerprint density at radius 2 is 2.00 bits per heavy atom. The molecule has 1 saturated heterocycles. The molecule has 3 heterocycles. The number of anilines is 2. The van der Waals surface area contributed by atoms with Crippen LogP contribution < -0.4 is 15.5 Å². The van der Waals surface area contributed by atoms with Crippen molar-refractivity contribution in [1.29, 1.82) is 0 Å². The van der Waals surface area contributed by atoms with Gasteiger partial charge in [-0.25, -0.2) is 9.78 Å². The Labute approximate surface area is 208 Å². The molecule has 10 nitrogen and oxygen atoms in total. The molecule has 0 radical (unpaired) electrons. The summed E-state index contributed by atoms with van der Waals surface area (Å²) in [4.78, 5) is 34.9. The number of nitrogens with one attached hydrogen (secondary N) is 2. The predicted octanol–water partition coefficient (Wildman–Crippen LogP) is 4.59. The van der Waals surface area contributed by atoms with Crippen LogP contribution in [0.3, 0.4) is 0 Å². The zero-order valence-electron chi connectivity index (χ0n) is 19.9. The number of ether oxygens (including phenoxy) is 1. The first-order chi connectivity index (χ1) is 16.6. The highest BCUT2D eigenvalue weighted by molar-refractivity contribution is 6.30. The van der Waals surface area contributed by atoms with E-state index in [4.69, 9.17) is 20.9 Å². The minimum Gasteiger partial charge on any atom is -0.444 e. The highest BCUT2D eigenvalue weighted by Gasteiger charge is 2.33. The summed E-state index contributed by atoms with van der Waals surface area (Å²) in [6, 6.07) is 10.1. The quantitative estimate of drug-likeness (QED) is 0.506. The maximum Gasteiger partial charge on any atom is 0.407 e. The van der Waals surface area contributed by atoms with Gasteiger partial charge in [-0.2, -0.15) is 4.98 Å². The molecule has 11 heteroatoms. The number of hydrogen-bond donors (Lipinski definition) is 2. The molecular weight excluding hydrogens is 472 g/mol. The lowest BCUT2D eigenvalue weighted by Crippen LogP contribution is -2.40. The van der Waals surface area contributed by atoms with Crippen molar-refractivity contribution in [2.75, 3.05) is 16.8 Å². The molecule has 2 atom stereocenters. The Kier molecular flexibility index (Phi) is 6.93. The van der Waals surface area contributed by atoms with Crippen molar-refractivity contribution in [2.45, 2.75) is 51.8 Å². The number of hydrogen-bond acceptors (Lipinski definition) is 8. The molecule has 4 rings (SSSR count). The monoisotopic (exact) mass is 498 g/mol. The Bertz CT molecular complexity index is 1210. The fraction of sp³-hybridized carbons (Fsp3) is 0.375. The van der Waals surface area contributed by atoms with Gasteiger partial charge >= 0.3 is 6.09 Å². The van der Waals surface area contributed by atoms with Gasteiger partial charge < -0.3 is 19.9 Å². The van der Waals surface area contributed by atoms with Crippen LogP contribution in [0.1, 0.15) is 45.9 Å². The van der Waals surface area contributed by atoms with Gasteiger partial charge in [0, 0.05) is 35.8 Å². The lowest BCUT2D eigenvalue weighted by molar-refractivity contribution is -0.117. The third kappa shape index (κ3) is 6.27. The Morgan fingerprint density at radius 1 is 1.26 bits per heavy atom.